The third-order valence-electron chi connectivity index (χ3n) is 4.14. The molecule has 0 aliphatic rings. The van der Waals surface area contributed by atoms with Gasteiger partial charge in [0, 0.05) is 25.7 Å². The van der Waals surface area contributed by atoms with Gasteiger partial charge in [0.1, 0.15) is 0 Å². The smallest absolute Gasteiger partial charge is 0.432 e. The highest BCUT2D eigenvalue weighted by Crippen LogP contribution is 2.43. The molecule has 0 aliphatic heterocycles. The molecular formula is C18H25F3O4. The van der Waals surface area contributed by atoms with E-state index in [2.05, 4.69) is 4.74 Å². The lowest BCUT2D eigenvalue weighted by Gasteiger charge is -2.33. The van der Waals surface area contributed by atoms with Crippen molar-refractivity contribution in [2.45, 2.75) is 38.7 Å². The minimum absolute atomic E-state index is 0.127. The van der Waals surface area contributed by atoms with E-state index < -0.39 is 17.7 Å². The van der Waals surface area contributed by atoms with Crippen LogP contribution in [0.1, 0.15) is 26.3 Å². The Bertz CT molecular complexity index is 545. The number of alkyl halides is 3. The lowest BCUT2D eigenvalue weighted by molar-refractivity contribution is -0.277. The molecule has 0 spiro atoms. The van der Waals surface area contributed by atoms with Gasteiger partial charge in [0.2, 0.25) is 0 Å². The summed E-state index contributed by atoms with van der Waals surface area (Å²) in [6, 6.07) is 6.75. The molecule has 3 atom stereocenters. The highest BCUT2D eigenvalue weighted by Gasteiger charge is 2.64. The summed E-state index contributed by atoms with van der Waals surface area (Å²) in [5.74, 6) is -1.63. The van der Waals surface area contributed by atoms with Crippen LogP contribution in [0.4, 0.5) is 13.2 Å². The number of carbonyl (C=O) groups is 1. The molecule has 0 aromatic heterocycles. The highest BCUT2D eigenvalue weighted by atomic mass is 19.4. The van der Waals surface area contributed by atoms with E-state index in [4.69, 9.17) is 9.47 Å². The van der Waals surface area contributed by atoms with Crippen LogP contribution in [0.15, 0.2) is 30.3 Å². The first-order valence-electron chi connectivity index (χ1n) is 7.99. The Morgan fingerprint density at radius 2 is 1.64 bits per heavy atom. The second-order valence-corrected chi connectivity index (χ2v) is 6.27. The molecule has 0 amide bonds. The zero-order chi connectivity index (χ0) is 19.3. The van der Waals surface area contributed by atoms with Gasteiger partial charge in [-0.25, -0.2) is 4.79 Å². The van der Waals surface area contributed by atoms with Crippen molar-refractivity contribution >= 4 is 5.97 Å². The summed E-state index contributed by atoms with van der Waals surface area (Å²) in [6.45, 7) is 5.40. The Labute approximate surface area is 146 Å². The highest BCUT2D eigenvalue weighted by molar-refractivity contribution is 5.82. The SMILES string of the molecule is CO[C@@H](C(C)C)[C@H](C)COC(=O)[C@](OC)(c1ccccc1)C(F)(F)F. The van der Waals surface area contributed by atoms with E-state index in [0.29, 0.717) is 0 Å². The van der Waals surface area contributed by atoms with Crippen LogP contribution in [0, 0.1) is 11.8 Å². The maximum atomic E-state index is 13.7. The molecule has 25 heavy (non-hydrogen) atoms. The van der Waals surface area contributed by atoms with E-state index in [1.165, 1.54) is 31.4 Å². The number of esters is 1. The third kappa shape index (κ3) is 4.52. The second-order valence-electron chi connectivity index (χ2n) is 6.27. The number of hydrogen-bond donors (Lipinski definition) is 0. The Kier molecular flexibility index (Phi) is 7.44. The average Bonchev–Trinajstić information content (AvgIpc) is 2.54. The monoisotopic (exact) mass is 362 g/mol. The van der Waals surface area contributed by atoms with Gasteiger partial charge in [0.05, 0.1) is 12.7 Å². The average molecular weight is 362 g/mol. The Morgan fingerprint density at radius 3 is 2.04 bits per heavy atom. The minimum atomic E-state index is -4.97. The zero-order valence-electron chi connectivity index (χ0n) is 15.1. The van der Waals surface area contributed by atoms with Gasteiger partial charge in [-0.3, -0.25) is 0 Å². The predicted molar refractivity (Wildman–Crippen MR) is 86.9 cm³/mol. The first-order valence-corrected chi connectivity index (χ1v) is 7.99. The molecule has 7 heteroatoms. The predicted octanol–water partition coefficient (Wildman–Crippen LogP) is 3.94. The maximum Gasteiger partial charge on any atom is 0.432 e. The lowest BCUT2D eigenvalue weighted by Crippen LogP contribution is -2.52. The summed E-state index contributed by atoms with van der Waals surface area (Å²) in [5.41, 5.74) is -3.48. The number of rotatable bonds is 8. The number of ether oxygens (including phenoxy) is 3. The van der Waals surface area contributed by atoms with Crippen LogP contribution in [0.2, 0.25) is 0 Å². The van der Waals surface area contributed by atoms with Gasteiger partial charge >= 0.3 is 12.1 Å². The molecule has 4 nitrogen and oxygen atoms in total. The normalized spacial score (nSPS) is 17.0. The molecule has 1 aromatic rings. The van der Waals surface area contributed by atoms with Crippen LogP contribution < -0.4 is 0 Å². The molecule has 0 unspecified atom stereocenters. The summed E-state index contributed by atoms with van der Waals surface area (Å²) in [5, 5.41) is 0. The maximum absolute atomic E-state index is 13.7. The summed E-state index contributed by atoms with van der Waals surface area (Å²) < 4.78 is 56.2. The summed E-state index contributed by atoms with van der Waals surface area (Å²) in [6.07, 6.45) is -5.21. The van der Waals surface area contributed by atoms with Crippen molar-refractivity contribution in [2.75, 3.05) is 20.8 Å². The van der Waals surface area contributed by atoms with Crippen LogP contribution in [0.25, 0.3) is 0 Å². The minimum Gasteiger partial charge on any atom is -0.463 e. The number of benzene rings is 1. The van der Waals surface area contributed by atoms with Crippen molar-refractivity contribution in [2.24, 2.45) is 11.8 Å². The molecule has 0 bridgehead atoms. The third-order valence-corrected chi connectivity index (χ3v) is 4.14. The van der Waals surface area contributed by atoms with Gasteiger partial charge in [-0.15, -0.1) is 0 Å². The lowest BCUT2D eigenvalue weighted by atomic mass is 9.92. The molecule has 1 rings (SSSR count). The molecule has 0 N–H and O–H groups in total. The van der Waals surface area contributed by atoms with Crippen molar-refractivity contribution in [1.82, 2.24) is 0 Å². The van der Waals surface area contributed by atoms with Crippen molar-refractivity contribution in [3.05, 3.63) is 35.9 Å². The van der Waals surface area contributed by atoms with Gasteiger partial charge in [-0.2, -0.15) is 13.2 Å². The Hall–Kier alpha value is -1.60. The van der Waals surface area contributed by atoms with Gasteiger partial charge in [0.25, 0.3) is 5.60 Å². The van der Waals surface area contributed by atoms with Crippen molar-refractivity contribution in [1.29, 1.82) is 0 Å². The molecule has 0 aliphatic carbocycles. The zero-order valence-corrected chi connectivity index (χ0v) is 15.1. The Morgan fingerprint density at radius 1 is 1.08 bits per heavy atom. The topological polar surface area (TPSA) is 44.8 Å². The quantitative estimate of drug-likeness (QED) is 0.657. The molecule has 0 saturated heterocycles. The van der Waals surface area contributed by atoms with Crippen molar-refractivity contribution in [3.8, 4) is 0 Å². The van der Waals surface area contributed by atoms with E-state index in [1.54, 1.807) is 13.0 Å². The van der Waals surface area contributed by atoms with Gasteiger partial charge in [-0.1, -0.05) is 51.1 Å². The molecule has 0 fully saturated rings. The van der Waals surface area contributed by atoms with E-state index in [1.807, 2.05) is 13.8 Å². The number of hydrogen-bond acceptors (Lipinski definition) is 4. The van der Waals surface area contributed by atoms with Crippen molar-refractivity contribution < 1.29 is 32.2 Å². The van der Waals surface area contributed by atoms with E-state index >= 15 is 0 Å². The molecule has 1 aromatic carbocycles. The van der Waals surface area contributed by atoms with Gasteiger partial charge in [0.15, 0.2) is 0 Å². The Balaban J connectivity index is 3.07. The first-order chi connectivity index (χ1) is 11.6. The summed E-state index contributed by atoms with van der Waals surface area (Å²) in [7, 11) is 2.36. The second kappa shape index (κ2) is 8.67. The van der Waals surface area contributed by atoms with Gasteiger partial charge in [-0.05, 0) is 5.92 Å². The van der Waals surface area contributed by atoms with Crippen LogP contribution in [-0.4, -0.2) is 39.1 Å². The fourth-order valence-corrected chi connectivity index (χ4v) is 2.95. The van der Waals surface area contributed by atoms with Crippen LogP contribution in [-0.2, 0) is 24.6 Å². The molecule has 0 radical (unpaired) electrons. The fraction of sp³-hybridized carbons (Fsp3) is 0.611. The summed E-state index contributed by atoms with van der Waals surface area (Å²) in [4.78, 5) is 12.4. The van der Waals surface area contributed by atoms with Crippen LogP contribution in [0.5, 0.6) is 0 Å². The molecule has 0 heterocycles. The van der Waals surface area contributed by atoms with E-state index in [-0.39, 0.29) is 30.1 Å². The number of halogens is 3. The van der Waals surface area contributed by atoms with Crippen molar-refractivity contribution in [3.63, 3.8) is 0 Å². The van der Waals surface area contributed by atoms with E-state index in [9.17, 15) is 18.0 Å². The molecule has 0 saturated carbocycles. The van der Waals surface area contributed by atoms with Gasteiger partial charge < -0.3 is 14.2 Å². The number of methoxy groups -OCH3 is 2. The fourth-order valence-electron chi connectivity index (χ4n) is 2.95. The largest absolute Gasteiger partial charge is 0.463 e. The standard InChI is InChI=1S/C18H25F3O4/c1-12(2)15(23-4)13(3)11-25-16(22)17(24-5,18(19,20)21)14-9-7-6-8-10-14/h6-10,12-13,15H,11H2,1-5H3/t13-,15+,17-/m1/s1. The molecule has 142 valence electrons. The number of carbonyl (C=O) groups excluding carboxylic acids is 1. The van der Waals surface area contributed by atoms with Crippen LogP contribution in [0.3, 0.4) is 0 Å². The summed E-state index contributed by atoms with van der Waals surface area (Å²) >= 11 is 0. The van der Waals surface area contributed by atoms with Crippen LogP contribution >= 0.6 is 0 Å². The van der Waals surface area contributed by atoms with E-state index in [0.717, 1.165) is 7.11 Å². The first kappa shape index (κ1) is 21.4. The molecular weight excluding hydrogens is 337 g/mol.